The lowest BCUT2D eigenvalue weighted by molar-refractivity contribution is 0.431. The van der Waals surface area contributed by atoms with Crippen molar-refractivity contribution in [3.8, 4) is 0 Å². The van der Waals surface area contributed by atoms with Crippen LogP contribution in [0.4, 0.5) is 0 Å². The molecule has 0 saturated carbocycles. The van der Waals surface area contributed by atoms with Gasteiger partial charge in [0.15, 0.2) is 13.5 Å². The zero-order valence-corrected chi connectivity index (χ0v) is 7.77. The first-order valence-electron chi connectivity index (χ1n) is 4.07. The smallest absolute Gasteiger partial charge is 0.372 e. The Morgan fingerprint density at radius 2 is 2.14 bits per heavy atom. The van der Waals surface area contributed by atoms with Gasteiger partial charge in [0, 0.05) is 7.05 Å². The number of fused-ring (bicyclic) bond motifs is 1. The Bertz CT molecular complexity index is 614. The van der Waals surface area contributed by atoms with Crippen molar-refractivity contribution in [2.75, 3.05) is 0 Å². The van der Waals surface area contributed by atoms with Crippen LogP contribution in [0.25, 0.3) is 11.0 Å². The fourth-order valence-corrected chi connectivity index (χ4v) is 1.25. The van der Waals surface area contributed by atoms with Gasteiger partial charge in [-0.15, -0.1) is 0 Å². The van der Waals surface area contributed by atoms with Crippen LogP contribution >= 0.6 is 0 Å². The highest BCUT2D eigenvalue weighted by atomic mass is 16.4. The maximum Gasteiger partial charge on any atom is 0.423 e. The first-order chi connectivity index (χ1) is 6.59. The van der Waals surface area contributed by atoms with Crippen molar-refractivity contribution in [3.63, 3.8) is 0 Å². The van der Waals surface area contributed by atoms with Crippen LogP contribution in [-0.2, 0) is 7.05 Å². The van der Waals surface area contributed by atoms with Crippen LogP contribution in [0.15, 0.2) is 26.1 Å². The molecule has 0 saturated heterocycles. The zero-order chi connectivity index (χ0) is 10.3. The first kappa shape index (κ1) is 8.74. The number of aryl methyl sites for hydroxylation is 1. The fraction of sp³-hybridized carbons (Fsp3) is 0.125. The Hall–Kier alpha value is -1.85. The van der Waals surface area contributed by atoms with Crippen molar-refractivity contribution in [2.24, 2.45) is 7.05 Å². The molecule has 0 aliphatic carbocycles. The Balaban J connectivity index is 3.11. The molecule has 0 aromatic carbocycles. The van der Waals surface area contributed by atoms with Crippen LogP contribution in [0.1, 0.15) is 0 Å². The van der Waals surface area contributed by atoms with Gasteiger partial charge in [0.2, 0.25) is 0 Å². The summed E-state index contributed by atoms with van der Waals surface area (Å²) in [6.45, 7) is 0. The average molecular weight is 190 g/mol. The van der Waals surface area contributed by atoms with E-state index in [4.69, 9.17) is 0 Å². The summed E-state index contributed by atoms with van der Waals surface area (Å²) < 4.78 is 5.68. The lowest BCUT2D eigenvalue weighted by Crippen LogP contribution is -2.25. The van der Waals surface area contributed by atoms with Crippen LogP contribution in [0.3, 0.4) is 0 Å². The summed E-state index contributed by atoms with van der Waals surface area (Å²) in [7, 11) is 3.30. The van der Waals surface area contributed by atoms with Gasteiger partial charge in [-0.3, -0.25) is 4.57 Å². The SMILES string of the molecule is Bc1ccc2c(=O)oc(=O)n(C)c2n1. The molecule has 0 bridgehead atoms. The van der Waals surface area contributed by atoms with Gasteiger partial charge in [0.05, 0.1) is 0 Å². The van der Waals surface area contributed by atoms with Gasteiger partial charge in [0.25, 0.3) is 0 Å². The van der Waals surface area contributed by atoms with Gasteiger partial charge in [-0.25, -0.2) is 14.6 Å². The predicted octanol–water partition coefficient (Wildman–Crippen LogP) is -1.85. The van der Waals surface area contributed by atoms with Crippen molar-refractivity contribution in [1.29, 1.82) is 0 Å². The number of hydrogen-bond donors (Lipinski definition) is 0. The normalized spacial score (nSPS) is 10.6. The quantitative estimate of drug-likeness (QED) is 0.457. The van der Waals surface area contributed by atoms with Crippen molar-refractivity contribution in [2.45, 2.75) is 0 Å². The van der Waals surface area contributed by atoms with Gasteiger partial charge in [0.1, 0.15) is 5.39 Å². The molecule has 6 heteroatoms. The molecule has 0 fully saturated rings. The van der Waals surface area contributed by atoms with Crippen molar-refractivity contribution < 1.29 is 4.42 Å². The molecule has 0 unspecified atom stereocenters. The molecule has 0 aliphatic heterocycles. The van der Waals surface area contributed by atoms with E-state index in [0.29, 0.717) is 11.0 Å². The molecule has 2 aromatic heterocycles. The lowest BCUT2D eigenvalue weighted by atomic mass is 10.0. The van der Waals surface area contributed by atoms with E-state index in [1.54, 1.807) is 20.0 Å². The highest BCUT2D eigenvalue weighted by Crippen LogP contribution is 1.99. The minimum absolute atomic E-state index is 0.317. The summed E-state index contributed by atoms with van der Waals surface area (Å²) in [6, 6.07) is 3.30. The lowest BCUT2D eigenvalue weighted by Gasteiger charge is -2.01. The molecule has 2 aromatic rings. The molecule has 70 valence electrons. The third-order valence-electron chi connectivity index (χ3n) is 2.01. The minimum Gasteiger partial charge on any atom is -0.372 e. The molecule has 14 heavy (non-hydrogen) atoms. The topological polar surface area (TPSA) is 65.1 Å². The molecule has 0 atom stereocenters. The van der Waals surface area contributed by atoms with E-state index in [9.17, 15) is 9.59 Å². The van der Waals surface area contributed by atoms with E-state index in [1.807, 2.05) is 0 Å². The molecule has 0 spiro atoms. The van der Waals surface area contributed by atoms with Crippen molar-refractivity contribution in [3.05, 3.63) is 33.1 Å². The summed E-state index contributed by atoms with van der Waals surface area (Å²) in [5.74, 6) is -0.694. The summed E-state index contributed by atoms with van der Waals surface area (Å²) >= 11 is 0. The third-order valence-corrected chi connectivity index (χ3v) is 2.01. The fourth-order valence-electron chi connectivity index (χ4n) is 1.25. The van der Waals surface area contributed by atoms with Gasteiger partial charge >= 0.3 is 11.4 Å². The van der Waals surface area contributed by atoms with E-state index < -0.39 is 11.4 Å². The van der Waals surface area contributed by atoms with Gasteiger partial charge in [-0.05, 0) is 17.7 Å². The Morgan fingerprint density at radius 1 is 1.43 bits per heavy atom. The minimum atomic E-state index is -0.694. The van der Waals surface area contributed by atoms with Gasteiger partial charge < -0.3 is 4.42 Å². The Kier molecular flexibility index (Phi) is 1.77. The van der Waals surface area contributed by atoms with E-state index >= 15 is 0 Å². The highest BCUT2D eigenvalue weighted by Gasteiger charge is 2.06. The molecule has 5 nitrogen and oxygen atoms in total. The Labute approximate surface area is 79.4 Å². The summed E-state index contributed by atoms with van der Waals surface area (Å²) in [5.41, 5.74) is 0.458. The molecule has 2 rings (SSSR count). The van der Waals surface area contributed by atoms with Crippen LogP contribution in [-0.4, -0.2) is 17.4 Å². The van der Waals surface area contributed by atoms with Crippen LogP contribution < -0.4 is 17.0 Å². The number of nitrogens with zero attached hydrogens (tertiary/aromatic N) is 2. The monoisotopic (exact) mass is 190 g/mol. The second-order valence-corrected chi connectivity index (χ2v) is 3.04. The van der Waals surface area contributed by atoms with Crippen LogP contribution in [0.2, 0.25) is 0 Å². The molecule has 0 N–H and O–H groups in total. The number of pyridine rings is 1. The van der Waals surface area contributed by atoms with Crippen molar-refractivity contribution in [1.82, 2.24) is 9.55 Å². The molecule has 0 aliphatic rings. The van der Waals surface area contributed by atoms with E-state index in [2.05, 4.69) is 9.40 Å². The second-order valence-electron chi connectivity index (χ2n) is 3.04. The summed E-state index contributed by atoms with van der Waals surface area (Å²) in [6.07, 6.45) is 0. The van der Waals surface area contributed by atoms with E-state index in [1.165, 1.54) is 11.6 Å². The third kappa shape index (κ3) is 1.15. The van der Waals surface area contributed by atoms with Crippen LogP contribution in [0.5, 0.6) is 0 Å². The maximum absolute atomic E-state index is 11.2. The number of hydrogen-bond acceptors (Lipinski definition) is 4. The number of aromatic nitrogens is 2. The zero-order valence-electron chi connectivity index (χ0n) is 7.77. The highest BCUT2D eigenvalue weighted by molar-refractivity contribution is 6.31. The first-order valence-corrected chi connectivity index (χ1v) is 4.07. The largest absolute Gasteiger partial charge is 0.423 e. The van der Waals surface area contributed by atoms with E-state index in [-0.39, 0.29) is 0 Å². The summed E-state index contributed by atoms with van der Waals surface area (Å²) in [5, 5.41) is 0.317. The van der Waals surface area contributed by atoms with Crippen molar-refractivity contribution >= 4 is 24.5 Å². The average Bonchev–Trinajstić information content (AvgIpc) is 2.14. The molecular formula is C8H7BN2O3. The Morgan fingerprint density at radius 3 is 2.86 bits per heavy atom. The molecular weight excluding hydrogens is 183 g/mol. The standard InChI is InChI=1S/C8H7BN2O3/c1-11-6-4(2-3-5(9)10-6)7(12)14-8(11)13/h2-3H,9H2,1H3. The second kappa shape index (κ2) is 2.83. The molecule has 0 amide bonds. The molecule has 2 heterocycles. The summed E-state index contributed by atoms with van der Waals surface area (Å²) in [4.78, 5) is 26.5. The predicted molar refractivity (Wildman–Crippen MR) is 53.7 cm³/mol. The van der Waals surface area contributed by atoms with Gasteiger partial charge in [-0.1, -0.05) is 0 Å². The van der Waals surface area contributed by atoms with Crippen LogP contribution in [0, 0.1) is 0 Å². The maximum atomic E-state index is 11.2. The van der Waals surface area contributed by atoms with E-state index in [0.717, 1.165) is 5.59 Å². The van der Waals surface area contributed by atoms with Gasteiger partial charge in [-0.2, -0.15) is 0 Å². The molecule has 0 radical (unpaired) electrons. The number of rotatable bonds is 0.